The van der Waals surface area contributed by atoms with Gasteiger partial charge in [0, 0.05) is 19.6 Å². The zero-order valence-corrected chi connectivity index (χ0v) is 9.13. The molecule has 0 bridgehead atoms. The number of nitrogens with one attached hydrogen (secondary N) is 1. The molecule has 0 saturated carbocycles. The zero-order valence-electron chi connectivity index (χ0n) is 9.13. The molecule has 0 amide bonds. The molecule has 0 rings (SSSR count). The molecule has 0 spiro atoms. The molecule has 0 aromatic rings. The number of hydrogen-bond acceptors (Lipinski definition) is 2. The van der Waals surface area contributed by atoms with Gasteiger partial charge >= 0.3 is 0 Å². The second kappa shape index (κ2) is 6.94. The fourth-order valence-electron chi connectivity index (χ4n) is 1.61. The fourth-order valence-corrected chi connectivity index (χ4v) is 1.61. The molecule has 0 aromatic heterocycles. The molecule has 13 heavy (non-hydrogen) atoms. The second-order valence-corrected chi connectivity index (χ2v) is 3.58. The molecule has 0 saturated heterocycles. The van der Waals surface area contributed by atoms with Crippen molar-refractivity contribution in [2.24, 2.45) is 5.92 Å². The molecule has 0 aromatic carbocycles. The van der Waals surface area contributed by atoms with Gasteiger partial charge in [-0.15, -0.1) is 12.3 Å². The molecule has 0 fully saturated rings. The first-order valence-corrected chi connectivity index (χ1v) is 4.80. The van der Waals surface area contributed by atoms with Crippen molar-refractivity contribution in [2.75, 3.05) is 14.2 Å². The van der Waals surface area contributed by atoms with E-state index in [-0.39, 0.29) is 6.10 Å². The molecular weight excluding hydrogens is 162 g/mol. The lowest BCUT2D eigenvalue weighted by atomic mass is 9.96. The fraction of sp³-hybridized carbons (Fsp3) is 0.818. The topological polar surface area (TPSA) is 21.3 Å². The van der Waals surface area contributed by atoms with Crippen LogP contribution in [-0.4, -0.2) is 26.3 Å². The highest BCUT2D eigenvalue weighted by Gasteiger charge is 2.21. The van der Waals surface area contributed by atoms with Gasteiger partial charge in [-0.3, -0.25) is 0 Å². The number of methoxy groups -OCH3 is 1. The van der Waals surface area contributed by atoms with Crippen LogP contribution in [0.25, 0.3) is 0 Å². The van der Waals surface area contributed by atoms with E-state index in [2.05, 4.69) is 25.1 Å². The molecule has 0 aliphatic rings. The number of likely N-dealkylation sites (N-methyl/N-ethyl adjacent to an activating group) is 1. The molecule has 0 heterocycles. The van der Waals surface area contributed by atoms with E-state index in [1.54, 1.807) is 7.11 Å². The Kier molecular flexibility index (Phi) is 6.66. The van der Waals surface area contributed by atoms with Gasteiger partial charge in [-0.2, -0.15) is 0 Å². The van der Waals surface area contributed by atoms with Crippen LogP contribution in [0.3, 0.4) is 0 Å². The molecule has 0 radical (unpaired) electrons. The summed E-state index contributed by atoms with van der Waals surface area (Å²) in [5.74, 6) is 3.17. The summed E-state index contributed by atoms with van der Waals surface area (Å²) in [4.78, 5) is 0. The Morgan fingerprint density at radius 2 is 2.08 bits per heavy atom. The summed E-state index contributed by atoms with van der Waals surface area (Å²) in [6, 6.07) is 0.362. The van der Waals surface area contributed by atoms with Crippen LogP contribution in [0, 0.1) is 18.3 Å². The van der Waals surface area contributed by atoms with Gasteiger partial charge in [0.2, 0.25) is 0 Å². The maximum Gasteiger partial charge on any atom is 0.0747 e. The van der Waals surface area contributed by atoms with Crippen molar-refractivity contribution in [2.45, 2.75) is 38.8 Å². The molecule has 1 N–H and O–H groups in total. The van der Waals surface area contributed by atoms with Crippen molar-refractivity contribution in [1.29, 1.82) is 0 Å². The minimum Gasteiger partial charge on any atom is -0.380 e. The largest absolute Gasteiger partial charge is 0.380 e. The van der Waals surface area contributed by atoms with Crippen LogP contribution < -0.4 is 5.32 Å². The maximum absolute atomic E-state index is 5.43. The first-order valence-electron chi connectivity index (χ1n) is 4.80. The van der Waals surface area contributed by atoms with Crippen LogP contribution in [0.2, 0.25) is 0 Å². The average Bonchev–Trinajstić information content (AvgIpc) is 2.11. The van der Waals surface area contributed by atoms with E-state index >= 15 is 0 Å². The molecule has 0 aliphatic heterocycles. The van der Waals surface area contributed by atoms with Gasteiger partial charge in [0.15, 0.2) is 0 Å². The lowest BCUT2D eigenvalue weighted by Crippen LogP contribution is -2.41. The Hall–Kier alpha value is -0.520. The molecule has 2 heteroatoms. The van der Waals surface area contributed by atoms with Crippen molar-refractivity contribution in [3.05, 3.63) is 0 Å². The van der Waals surface area contributed by atoms with Crippen molar-refractivity contribution in [3.8, 4) is 12.3 Å². The summed E-state index contributed by atoms with van der Waals surface area (Å²) >= 11 is 0. The Bertz CT molecular complexity index is 160. The molecular formula is C11H21NO. The lowest BCUT2D eigenvalue weighted by molar-refractivity contribution is 0.0333. The first-order chi connectivity index (χ1) is 6.17. The third-order valence-electron chi connectivity index (χ3n) is 2.30. The van der Waals surface area contributed by atoms with E-state index in [0.717, 1.165) is 12.8 Å². The van der Waals surface area contributed by atoms with Gasteiger partial charge in [-0.25, -0.2) is 0 Å². The molecule has 76 valence electrons. The number of terminal acetylenes is 1. The van der Waals surface area contributed by atoms with Crippen LogP contribution >= 0.6 is 0 Å². The van der Waals surface area contributed by atoms with Gasteiger partial charge in [0.25, 0.3) is 0 Å². The summed E-state index contributed by atoms with van der Waals surface area (Å²) in [5, 5.41) is 3.25. The van der Waals surface area contributed by atoms with Crippen molar-refractivity contribution in [3.63, 3.8) is 0 Å². The highest BCUT2D eigenvalue weighted by molar-refractivity contribution is 4.88. The van der Waals surface area contributed by atoms with E-state index in [1.807, 2.05) is 7.05 Å². The van der Waals surface area contributed by atoms with Crippen molar-refractivity contribution >= 4 is 0 Å². The van der Waals surface area contributed by atoms with Crippen LogP contribution in [0.15, 0.2) is 0 Å². The summed E-state index contributed by atoms with van der Waals surface area (Å²) in [6.07, 6.45) is 7.26. The predicted octanol–water partition coefficient (Wildman–Crippen LogP) is 1.66. The third-order valence-corrected chi connectivity index (χ3v) is 2.30. The summed E-state index contributed by atoms with van der Waals surface area (Å²) in [6.45, 7) is 4.32. The van der Waals surface area contributed by atoms with Crippen LogP contribution in [0.5, 0.6) is 0 Å². The standard InChI is InChI=1S/C11H21NO/c1-6-7-8-10(12-4)11(13-5)9(2)3/h1,9-12H,7-8H2,2-5H3. The predicted molar refractivity (Wildman–Crippen MR) is 56.5 cm³/mol. The lowest BCUT2D eigenvalue weighted by Gasteiger charge is -2.28. The quantitative estimate of drug-likeness (QED) is 0.632. The number of hydrogen-bond donors (Lipinski definition) is 1. The minimum absolute atomic E-state index is 0.248. The highest BCUT2D eigenvalue weighted by atomic mass is 16.5. The Balaban J connectivity index is 4.10. The van der Waals surface area contributed by atoms with E-state index in [1.165, 1.54) is 0 Å². The van der Waals surface area contributed by atoms with Gasteiger partial charge in [-0.1, -0.05) is 13.8 Å². The molecule has 2 atom stereocenters. The van der Waals surface area contributed by atoms with Crippen LogP contribution in [0.1, 0.15) is 26.7 Å². The minimum atomic E-state index is 0.248. The summed E-state index contributed by atoms with van der Waals surface area (Å²) in [5.41, 5.74) is 0. The Labute approximate surface area is 82.1 Å². The number of ether oxygens (including phenoxy) is 1. The van der Waals surface area contributed by atoms with E-state index < -0.39 is 0 Å². The van der Waals surface area contributed by atoms with E-state index in [0.29, 0.717) is 12.0 Å². The summed E-state index contributed by atoms with van der Waals surface area (Å²) < 4.78 is 5.43. The first kappa shape index (κ1) is 12.5. The van der Waals surface area contributed by atoms with Crippen LogP contribution in [0.4, 0.5) is 0 Å². The SMILES string of the molecule is C#CCCC(NC)C(OC)C(C)C. The van der Waals surface area contributed by atoms with E-state index in [9.17, 15) is 0 Å². The monoisotopic (exact) mass is 183 g/mol. The number of rotatable bonds is 6. The average molecular weight is 183 g/mol. The highest BCUT2D eigenvalue weighted by Crippen LogP contribution is 2.13. The smallest absolute Gasteiger partial charge is 0.0747 e. The molecule has 2 unspecified atom stereocenters. The maximum atomic E-state index is 5.43. The van der Waals surface area contributed by atoms with E-state index in [4.69, 9.17) is 11.2 Å². The van der Waals surface area contributed by atoms with Gasteiger partial charge in [-0.05, 0) is 19.4 Å². The molecule has 0 aliphatic carbocycles. The van der Waals surface area contributed by atoms with Crippen molar-refractivity contribution < 1.29 is 4.74 Å². The summed E-state index contributed by atoms with van der Waals surface area (Å²) in [7, 11) is 3.71. The second-order valence-electron chi connectivity index (χ2n) is 3.58. The zero-order chi connectivity index (χ0) is 10.3. The Morgan fingerprint density at radius 3 is 2.38 bits per heavy atom. The molecule has 2 nitrogen and oxygen atoms in total. The van der Waals surface area contributed by atoms with Gasteiger partial charge in [0.05, 0.1) is 6.10 Å². The van der Waals surface area contributed by atoms with Gasteiger partial charge in [0.1, 0.15) is 0 Å². The normalized spacial score (nSPS) is 15.4. The van der Waals surface area contributed by atoms with Crippen LogP contribution in [-0.2, 0) is 4.74 Å². The third kappa shape index (κ3) is 4.31. The Morgan fingerprint density at radius 1 is 1.46 bits per heavy atom. The van der Waals surface area contributed by atoms with Crippen molar-refractivity contribution in [1.82, 2.24) is 5.32 Å². The van der Waals surface area contributed by atoms with Gasteiger partial charge < -0.3 is 10.1 Å².